The molecule has 0 saturated heterocycles. The normalized spacial score (nSPS) is 15.3. The summed E-state index contributed by atoms with van der Waals surface area (Å²) >= 11 is 2.09. The highest BCUT2D eigenvalue weighted by molar-refractivity contribution is 14.1. The molecule has 0 aromatic heterocycles. The molecule has 2 rings (SSSR count). The molecule has 0 spiro atoms. The summed E-state index contributed by atoms with van der Waals surface area (Å²) in [4.78, 5) is 0. The average Bonchev–Trinajstić information content (AvgIpc) is 2.36. The van der Waals surface area contributed by atoms with E-state index in [9.17, 15) is 0 Å². The van der Waals surface area contributed by atoms with Crippen LogP contribution in [0.2, 0.25) is 0 Å². The second-order valence-corrected chi connectivity index (χ2v) is 3.64. The molecule has 1 heteroatoms. The lowest BCUT2D eigenvalue weighted by Gasteiger charge is -2.02. The second-order valence-electron chi connectivity index (χ2n) is 2.48. The lowest BCUT2D eigenvalue weighted by atomic mass is 10.1. The maximum atomic E-state index is 7.89. The van der Waals surface area contributed by atoms with Crippen LogP contribution in [0, 0.1) is 3.57 Å². The van der Waals surface area contributed by atoms with Crippen LogP contribution in [-0.2, 0) is 0 Å². The first-order valence-corrected chi connectivity index (χ1v) is 4.85. The molecule has 0 aliphatic rings. The van der Waals surface area contributed by atoms with Crippen LogP contribution < -0.4 is 0 Å². The van der Waals surface area contributed by atoms with E-state index in [0.29, 0.717) is 5.56 Å². The van der Waals surface area contributed by atoms with Gasteiger partial charge >= 0.3 is 0 Å². The minimum atomic E-state index is -0.361. The van der Waals surface area contributed by atoms with E-state index < -0.39 is 0 Å². The summed E-state index contributed by atoms with van der Waals surface area (Å²) in [5.41, 5.74) is 0.918. The Labute approximate surface area is 98.8 Å². The Hall–Kier alpha value is -0.830. The van der Waals surface area contributed by atoms with Gasteiger partial charge in [-0.3, -0.25) is 0 Å². The molecule has 2 aromatic rings. The molecule has 13 heavy (non-hydrogen) atoms. The number of hydrogen-bond donors (Lipinski definition) is 0. The van der Waals surface area contributed by atoms with Crippen LogP contribution in [0.5, 0.6) is 0 Å². The number of benzene rings is 2. The fourth-order valence-corrected chi connectivity index (χ4v) is 1.71. The Bertz CT molecular complexity index is 595. The predicted molar refractivity (Wildman–Crippen MR) is 64.6 cm³/mol. The molecule has 64 valence electrons. The molecule has 0 amide bonds. The zero-order valence-corrected chi connectivity index (χ0v) is 8.84. The van der Waals surface area contributed by atoms with E-state index in [1.54, 1.807) is 12.1 Å². The van der Waals surface area contributed by atoms with E-state index >= 15 is 0 Å². The van der Waals surface area contributed by atoms with Crippen molar-refractivity contribution in [3.05, 3.63) is 58.0 Å². The summed E-state index contributed by atoms with van der Waals surface area (Å²) in [6.07, 6.45) is 0. The third kappa shape index (κ3) is 1.91. The first-order valence-electron chi connectivity index (χ1n) is 6.27. The Kier molecular flexibility index (Phi) is 1.39. The van der Waals surface area contributed by atoms with Crippen LogP contribution in [-0.4, -0.2) is 0 Å². The van der Waals surface area contributed by atoms with Gasteiger partial charge in [0.1, 0.15) is 0 Å². The molecular weight excluding hydrogens is 271 g/mol. The standard InChI is InChI=1S/C12H9I/c13-12-9-5-4-8-11(12)10-6-2-1-3-7-10/h1-9H/i1T,2T,3T,6T,7T. The van der Waals surface area contributed by atoms with Crippen molar-refractivity contribution in [1.29, 1.82) is 0 Å². The van der Waals surface area contributed by atoms with Gasteiger partial charge in [-0.2, -0.15) is 0 Å². The molecule has 0 fully saturated rings. The van der Waals surface area contributed by atoms with Crippen molar-refractivity contribution in [3.8, 4) is 11.1 Å². The Morgan fingerprint density at radius 1 is 1.00 bits per heavy atom. The molecular formula is C12H9I. The first kappa shape index (κ1) is 4.60. The van der Waals surface area contributed by atoms with Crippen molar-refractivity contribution >= 4 is 22.6 Å². The molecule has 0 radical (unpaired) electrons. The summed E-state index contributed by atoms with van der Waals surface area (Å²) in [6, 6.07) is 5.96. The number of hydrogen-bond acceptors (Lipinski definition) is 0. The largest absolute Gasteiger partial charge is 0.0629 e. The number of halogens is 1. The smallest absolute Gasteiger partial charge is 0.0622 e. The monoisotopic (exact) mass is 290 g/mol. The van der Waals surface area contributed by atoms with Crippen LogP contribution in [0.25, 0.3) is 11.1 Å². The molecule has 0 N–H and O–H groups in total. The molecule has 0 unspecified atom stereocenters. The Morgan fingerprint density at radius 3 is 2.38 bits per heavy atom. The average molecular weight is 290 g/mol. The highest BCUT2D eigenvalue weighted by atomic mass is 127. The molecule has 0 atom stereocenters. The van der Waals surface area contributed by atoms with Crippen molar-refractivity contribution in [2.24, 2.45) is 0 Å². The third-order valence-corrected chi connectivity index (χ3v) is 2.58. The van der Waals surface area contributed by atoms with Gasteiger partial charge in [-0.15, -0.1) is 0 Å². The Balaban J connectivity index is 2.85. The van der Waals surface area contributed by atoms with Gasteiger partial charge < -0.3 is 0 Å². The minimum absolute atomic E-state index is 0.162. The van der Waals surface area contributed by atoms with E-state index in [0.717, 1.165) is 3.57 Å². The lowest BCUT2D eigenvalue weighted by molar-refractivity contribution is 1.58. The van der Waals surface area contributed by atoms with Gasteiger partial charge in [-0.05, 0) is 39.8 Å². The van der Waals surface area contributed by atoms with Crippen LogP contribution in [0.3, 0.4) is 0 Å². The van der Waals surface area contributed by atoms with Crippen LogP contribution in [0.1, 0.15) is 6.85 Å². The molecule has 0 heterocycles. The summed E-state index contributed by atoms with van der Waals surface area (Å²) in [7, 11) is 0. The van der Waals surface area contributed by atoms with E-state index in [4.69, 9.17) is 6.85 Å². The topological polar surface area (TPSA) is 0 Å². The van der Waals surface area contributed by atoms with Crippen molar-refractivity contribution in [2.45, 2.75) is 0 Å². The van der Waals surface area contributed by atoms with Gasteiger partial charge in [0.25, 0.3) is 0 Å². The van der Waals surface area contributed by atoms with Gasteiger partial charge in [-0.25, -0.2) is 0 Å². The third-order valence-electron chi connectivity index (χ3n) is 1.64. The SMILES string of the molecule is [3H]c1c([3H])c([3H])c(-c2ccccc2I)c([3H])c1[3H]. The fraction of sp³-hybridized carbons (Fsp3) is 0. The van der Waals surface area contributed by atoms with Crippen LogP contribution >= 0.6 is 22.6 Å². The van der Waals surface area contributed by atoms with E-state index in [-0.39, 0.29) is 35.8 Å². The van der Waals surface area contributed by atoms with Gasteiger partial charge in [0, 0.05) is 3.57 Å². The van der Waals surface area contributed by atoms with Crippen LogP contribution in [0.15, 0.2) is 54.5 Å². The summed E-state index contributed by atoms with van der Waals surface area (Å²) in [6.45, 7) is 0. The van der Waals surface area contributed by atoms with Crippen molar-refractivity contribution < 1.29 is 6.85 Å². The highest BCUT2D eigenvalue weighted by Crippen LogP contribution is 2.24. The minimum Gasteiger partial charge on any atom is -0.0622 e. The molecule has 2 aromatic carbocycles. The molecule has 0 saturated carbocycles. The summed E-state index contributed by atoms with van der Waals surface area (Å²) in [5, 5.41) is 0. The second kappa shape index (κ2) is 3.92. The maximum Gasteiger partial charge on any atom is 0.0629 e. The van der Waals surface area contributed by atoms with Crippen LogP contribution in [0.4, 0.5) is 0 Å². The molecule has 0 bridgehead atoms. The van der Waals surface area contributed by atoms with E-state index in [1.807, 2.05) is 12.1 Å². The van der Waals surface area contributed by atoms with Gasteiger partial charge in [0.15, 0.2) is 0 Å². The highest BCUT2D eigenvalue weighted by Gasteiger charge is 1.99. The molecule has 0 aliphatic heterocycles. The first-order chi connectivity index (χ1) is 8.45. The zero-order chi connectivity index (χ0) is 13.4. The zero-order valence-electron chi connectivity index (χ0n) is 11.7. The lowest BCUT2D eigenvalue weighted by Crippen LogP contribution is -1.80. The quantitative estimate of drug-likeness (QED) is 0.697. The van der Waals surface area contributed by atoms with Gasteiger partial charge in [0.05, 0.1) is 6.85 Å². The van der Waals surface area contributed by atoms with Crippen molar-refractivity contribution in [3.63, 3.8) is 0 Å². The Morgan fingerprint density at radius 2 is 1.69 bits per heavy atom. The van der Waals surface area contributed by atoms with Gasteiger partial charge in [0.2, 0.25) is 0 Å². The number of rotatable bonds is 1. The van der Waals surface area contributed by atoms with Gasteiger partial charge in [-0.1, -0.05) is 48.4 Å². The molecule has 0 nitrogen and oxygen atoms in total. The predicted octanol–water partition coefficient (Wildman–Crippen LogP) is 3.96. The van der Waals surface area contributed by atoms with Crippen molar-refractivity contribution in [1.82, 2.24) is 0 Å². The maximum absolute atomic E-state index is 7.89. The fourth-order valence-electron chi connectivity index (χ4n) is 1.05. The summed E-state index contributed by atoms with van der Waals surface area (Å²) in [5.74, 6) is 0. The van der Waals surface area contributed by atoms with Crippen molar-refractivity contribution in [2.75, 3.05) is 0 Å². The van der Waals surface area contributed by atoms with E-state index in [1.165, 1.54) is 0 Å². The van der Waals surface area contributed by atoms with E-state index in [2.05, 4.69) is 22.6 Å². The summed E-state index contributed by atoms with van der Waals surface area (Å²) < 4.78 is 39.5. The molecule has 0 aliphatic carbocycles.